The average Bonchev–Trinajstić information content (AvgIpc) is 3.63. The SMILES string of the molecule is Cc1cccc(C)c1NC(=O)C(c1ccccc1)N(C(=O)C(CC(N)=O)NC(=O)OC(C)(C)C)C1CC1. The van der Waals surface area contributed by atoms with E-state index in [0.29, 0.717) is 24.1 Å². The van der Waals surface area contributed by atoms with Gasteiger partial charge in [0, 0.05) is 11.7 Å². The van der Waals surface area contributed by atoms with Gasteiger partial charge < -0.3 is 26.0 Å². The van der Waals surface area contributed by atoms with Crippen LogP contribution in [0, 0.1) is 13.8 Å². The summed E-state index contributed by atoms with van der Waals surface area (Å²) in [7, 11) is 0. The van der Waals surface area contributed by atoms with Gasteiger partial charge in [-0.25, -0.2) is 4.79 Å². The van der Waals surface area contributed by atoms with Gasteiger partial charge in [0.25, 0.3) is 5.91 Å². The second-order valence-corrected chi connectivity index (χ2v) is 10.4. The first kappa shape index (κ1) is 27.7. The first-order valence-corrected chi connectivity index (χ1v) is 12.4. The van der Waals surface area contributed by atoms with E-state index in [1.807, 2.05) is 38.1 Å². The number of nitrogens with zero attached hydrogens (tertiary/aromatic N) is 1. The minimum atomic E-state index is -1.29. The van der Waals surface area contributed by atoms with E-state index in [9.17, 15) is 19.2 Å². The van der Waals surface area contributed by atoms with Crippen molar-refractivity contribution in [1.29, 1.82) is 0 Å². The smallest absolute Gasteiger partial charge is 0.408 e. The summed E-state index contributed by atoms with van der Waals surface area (Å²) in [5.41, 5.74) is 7.69. The summed E-state index contributed by atoms with van der Waals surface area (Å²) in [6, 6.07) is 12.2. The van der Waals surface area contributed by atoms with Crippen molar-refractivity contribution in [2.75, 3.05) is 5.32 Å². The van der Waals surface area contributed by atoms with E-state index in [-0.39, 0.29) is 11.9 Å². The van der Waals surface area contributed by atoms with Crippen LogP contribution >= 0.6 is 0 Å². The molecule has 1 fully saturated rings. The molecular formula is C28H36N4O5. The van der Waals surface area contributed by atoms with Gasteiger partial charge in [0.05, 0.1) is 6.42 Å². The highest BCUT2D eigenvalue weighted by Crippen LogP contribution is 2.36. The van der Waals surface area contributed by atoms with Crippen LogP contribution in [0.2, 0.25) is 0 Å². The van der Waals surface area contributed by atoms with Crippen LogP contribution in [0.3, 0.4) is 0 Å². The van der Waals surface area contributed by atoms with Crippen LogP contribution in [0.1, 0.15) is 62.8 Å². The molecule has 2 aromatic rings. The summed E-state index contributed by atoms with van der Waals surface area (Å²) in [6.07, 6.45) is 0.115. The Morgan fingerprint density at radius 3 is 2.11 bits per heavy atom. The van der Waals surface area contributed by atoms with Crippen molar-refractivity contribution in [2.45, 2.75) is 77.6 Å². The molecule has 1 aliphatic carbocycles. The summed E-state index contributed by atoms with van der Waals surface area (Å²) >= 11 is 0. The topological polar surface area (TPSA) is 131 Å². The molecule has 0 bridgehead atoms. The predicted octanol–water partition coefficient (Wildman–Crippen LogP) is 3.74. The predicted molar refractivity (Wildman–Crippen MR) is 141 cm³/mol. The molecule has 0 radical (unpaired) electrons. The van der Waals surface area contributed by atoms with Gasteiger partial charge in [0.2, 0.25) is 11.8 Å². The van der Waals surface area contributed by atoms with Crippen molar-refractivity contribution < 1.29 is 23.9 Å². The van der Waals surface area contributed by atoms with Crippen molar-refractivity contribution in [1.82, 2.24) is 10.2 Å². The highest BCUT2D eigenvalue weighted by molar-refractivity contribution is 6.00. The number of amides is 4. The molecule has 3 rings (SSSR count). The number of benzene rings is 2. The summed E-state index contributed by atoms with van der Waals surface area (Å²) in [4.78, 5) is 53.6. The Balaban J connectivity index is 1.99. The van der Waals surface area contributed by atoms with Crippen LogP contribution in [-0.4, -0.2) is 46.4 Å². The quantitative estimate of drug-likeness (QED) is 0.475. The molecule has 37 heavy (non-hydrogen) atoms. The summed E-state index contributed by atoms with van der Waals surface area (Å²) < 4.78 is 5.30. The number of para-hydroxylation sites is 1. The zero-order valence-electron chi connectivity index (χ0n) is 22.0. The van der Waals surface area contributed by atoms with Crippen LogP contribution in [0.25, 0.3) is 0 Å². The van der Waals surface area contributed by atoms with Crippen molar-refractivity contribution >= 4 is 29.5 Å². The number of aryl methyl sites for hydroxylation is 2. The molecule has 2 atom stereocenters. The van der Waals surface area contributed by atoms with E-state index in [1.54, 1.807) is 45.0 Å². The highest BCUT2D eigenvalue weighted by atomic mass is 16.6. The summed E-state index contributed by atoms with van der Waals surface area (Å²) in [5, 5.41) is 5.51. The maximum Gasteiger partial charge on any atom is 0.408 e. The zero-order valence-corrected chi connectivity index (χ0v) is 22.0. The Morgan fingerprint density at radius 2 is 1.59 bits per heavy atom. The molecule has 2 aromatic carbocycles. The molecule has 9 heteroatoms. The van der Waals surface area contributed by atoms with Gasteiger partial charge in [-0.1, -0.05) is 48.5 Å². The van der Waals surface area contributed by atoms with Gasteiger partial charge in [-0.3, -0.25) is 14.4 Å². The molecule has 2 unspecified atom stereocenters. The lowest BCUT2D eigenvalue weighted by molar-refractivity contribution is -0.142. The maximum atomic E-state index is 13.9. The molecule has 198 valence electrons. The molecular weight excluding hydrogens is 472 g/mol. The molecule has 0 heterocycles. The van der Waals surface area contributed by atoms with Crippen LogP contribution in [0.4, 0.5) is 10.5 Å². The number of hydrogen-bond acceptors (Lipinski definition) is 5. The van der Waals surface area contributed by atoms with E-state index < -0.39 is 42.0 Å². The number of nitrogens with two attached hydrogens (primary N) is 1. The lowest BCUT2D eigenvalue weighted by atomic mass is 10.0. The number of nitrogens with one attached hydrogen (secondary N) is 2. The second-order valence-electron chi connectivity index (χ2n) is 10.4. The van der Waals surface area contributed by atoms with E-state index in [1.165, 1.54) is 4.90 Å². The van der Waals surface area contributed by atoms with Gasteiger partial charge in [-0.05, 0) is 64.2 Å². The number of anilines is 1. The first-order chi connectivity index (χ1) is 17.4. The summed E-state index contributed by atoms with van der Waals surface area (Å²) in [6.45, 7) is 8.88. The largest absolute Gasteiger partial charge is 0.444 e. The first-order valence-electron chi connectivity index (χ1n) is 12.4. The number of rotatable bonds is 9. The van der Waals surface area contributed by atoms with E-state index in [4.69, 9.17) is 10.5 Å². The number of hydrogen-bond donors (Lipinski definition) is 3. The third-order valence-corrected chi connectivity index (χ3v) is 5.96. The normalized spacial score (nSPS) is 14.7. The Kier molecular flexibility index (Phi) is 8.57. The van der Waals surface area contributed by atoms with Crippen LogP contribution in [0.15, 0.2) is 48.5 Å². The van der Waals surface area contributed by atoms with Crippen molar-refractivity contribution in [3.63, 3.8) is 0 Å². The molecule has 4 N–H and O–H groups in total. The lowest BCUT2D eigenvalue weighted by Crippen LogP contribution is -2.54. The molecule has 9 nitrogen and oxygen atoms in total. The van der Waals surface area contributed by atoms with Gasteiger partial charge in [0.15, 0.2) is 0 Å². The van der Waals surface area contributed by atoms with Gasteiger partial charge in [0.1, 0.15) is 17.7 Å². The Morgan fingerprint density at radius 1 is 1.00 bits per heavy atom. The molecule has 0 aromatic heterocycles. The maximum absolute atomic E-state index is 13.9. The molecule has 1 saturated carbocycles. The number of carbonyl (C=O) groups is 4. The number of primary amides is 1. The number of carbonyl (C=O) groups excluding carboxylic acids is 4. The van der Waals surface area contributed by atoms with Crippen molar-refractivity contribution in [3.8, 4) is 0 Å². The second kappa shape index (κ2) is 11.5. The summed E-state index contributed by atoms with van der Waals surface area (Å²) in [5.74, 6) is -1.72. The Labute approximate surface area is 217 Å². The minimum absolute atomic E-state index is 0.225. The molecule has 0 aliphatic heterocycles. The average molecular weight is 509 g/mol. The Bertz CT molecular complexity index is 1130. The monoisotopic (exact) mass is 508 g/mol. The standard InChI is InChI=1S/C28H36N4O5/c1-17-10-9-11-18(2)23(17)31-25(34)24(19-12-7-6-8-13-19)32(20-14-15-20)26(35)21(16-22(29)33)30-27(36)37-28(3,4)5/h6-13,20-21,24H,14-16H2,1-5H3,(H2,29,33)(H,30,36)(H,31,34). The fourth-order valence-corrected chi connectivity index (χ4v) is 4.18. The number of ether oxygens (including phenoxy) is 1. The van der Waals surface area contributed by atoms with Crippen molar-refractivity contribution in [3.05, 3.63) is 65.2 Å². The molecule has 0 spiro atoms. The minimum Gasteiger partial charge on any atom is -0.444 e. The fraction of sp³-hybridized carbons (Fsp3) is 0.429. The van der Waals surface area contributed by atoms with E-state index >= 15 is 0 Å². The van der Waals surface area contributed by atoms with Crippen LogP contribution in [0.5, 0.6) is 0 Å². The molecule has 4 amide bonds. The lowest BCUT2D eigenvalue weighted by Gasteiger charge is -2.34. The highest BCUT2D eigenvalue weighted by Gasteiger charge is 2.44. The van der Waals surface area contributed by atoms with Crippen molar-refractivity contribution in [2.24, 2.45) is 5.73 Å². The van der Waals surface area contributed by atoms with E-state index in [0.717, 1.165) is 11.1 Å². The third-order valence-electron chi connectivity index (χ3n) is 5.96. The molecule has 0 saturated heterocycles. The fourth-order valence-electron chi connectivity index (χ4n) is 4.18. The van der Waals surface area contributed by atoms with Crippen LogP contribution < -0.4 is 16.4 Å². The van der Waals surface area contributed by atoms with Crippen LogP contribution in [-0.2, 0) is 19.1 Å². The van der Waals surface area contributed by atoms with Gasteiger partial charge in [-0.2, -0.15) is 0 Å². The number of alkyl carbamates (subject to hydrolysis) is 1. The van der Waals surface area contributed by atoms with E-state index in [2.05, 4.69) is 10.6 Å². The third kappa shape index (κ3) is 7.55. The van der Waals surface area contributed by atoms with Gasteiger partial charge >= 0.3 is 6.09 Å². The Hall–Kier alpha value is -3.88. The van der Waals surface area contributed by atoms with Gasteiger partial charge in [-0.15, -0.1) is 0 Å². The zero-order chi connectivity index (χ0) is 27.3. The molecule has 1 aliphatic rings.